The second-order valence-electron chi connectivity index (χ2n) is 11.4. The molecule has 10 aliphatic rings. The van der Waals surface area contributed by atoms with Crippen molar-refractivity contribution in [2.45, 2.75) is 82.1 Å². The fourth-order valence-corrected chi connectivity index (χ4v) is 11.1. The van der Waals surface area contributed by atoms with Crippen LogP contribution in [0.25, 0.3) is 0 Å². The molecule has 4 heteroatoms. The van der Waals surface area contributed by atoms with Crippen molar-refractivity contribution in [1.29, 1.82) is 0 Å². The van der Waals surface area contributed by atoms with Crippen molar-refractivity contribution in [2.24, 2.45) is 34.0 Å². The van der Waals surface area contributed by atoms with E-state index in [1.807, 2.05) is 0 Å². The summed E-state index contributed by atoms with van der Waals surface area (Å²) in [7, 11) is 0. The number of piperidine rings is 2. The molecule has 0 aromatic rings. The topological polar surface area (TPSA) is 41.9 Å². The molecule has 0 radical (unpaired) electrons. The van der Waals surface area contributed by atoms with Gasteiger partial charge < -0.3 is 14.6 Å². The second-order valence-corrected chi connectivity index (χ2v) is 11.4. The van der Waals surface area contributed by atoms with Gasteiger partial charge >= 0.3 is 0 Å². The minimum Gasteiger partial charge on any atom is -0.393 e. The third-order valence-corrected chi connectivity index (χ3v) is 10.4. The van der Waals surface area contributed by atoms with Gasteiger partial charge in [0, 0.05) is 42.3 Å². The van der Waals surface area contributed by atoms with E-state index in [1.54, 1.807) is 0 Å². The smallest absolute Gasteiger partial charge is 0.162 e. The highest BCUT2D eigenvalue weighted by Crippen LogP contribution is 2.87. The molecule has 0 aromatic carbocycles. The third kappa shape index (κ3) is 0.952. The largest absolute Gasteiger partial charge is 0.393 e. The summed E-state index contributed by atoms with van der Waals surface area (Å²) in [5, 5.41) is 10.9. The van der Waals surface area contributed by atoms with Gasteiger partial charge in [0.2, 0.25) is 0 Å². The van der Waals surface area contributed by atoms with Gasteiger partial charge in [0.05, 0.1) is 17.8 Å². The average Bonchev–Trinajstić information content (AvgIpc) is 2.86. The standard InChI is InChI=1S/C20H27NO3/c1-17-3-9(22)4-20-13(17)10-5-19-7-18(2)6-11(23-16(24-18)14(19)20)12(19)15(20)21(10)8-17/h9-16,22H,3-8H2,1-2H3/t9-,10-,11+,12-,13+,14-,15+,16-,17-,18+,19+,20-/m0/s1. The van der Waals surface area contributed by atoms with Gasteiger partial charge in [-0.2, -0.15) is 0 Å². The summed E-state index contributed by atoms with van der Waals surface area (Å²) in [4.78, 5) is 2.92. The van der Waals surface area contributed by atoms with Crippen molar-refractivity contribution >= 4 is 0 Å². The fraction of sp³-hybridized carbons (Fsp3) is 1.00. The first-order valence-electron chi connectivity index (χ1n) is 10.2. The van der Waals surface area contributed by atoms with Crippen LogP contribution < -0.4 is 0 Å². The molecule has 10 fully saturated rings. The Hall–Kier alpha value is -0.160. The summed E-state index contributed by atoms with van der Waals surface area (Å²) in [6.07, 6.45) is 6.08. The van der Waals surface area contributed by atoms with Crippen molar-refractivity contribution in [1.82, 2.24) is 4.90 Å². The lowest BCUT2D eigenvalue weighted by molar-refractivity contribution is -0.407. The zero-order valence-electron chi connectivity index (χ0n) is 14.6. The van der Waals surface area contributed by atoms with Crippen molar-refractivity contribution in [2.75, 3.05) is 6.54 Å². The van der Waals surface area contributed by atoms with Gasteiger partial charge in [0.1, 0.15) is 0 Å². The van der Waals surface area contributed by atoms with Crippen LogP contribution >= 0.6 is 0 Å². The minimum absolute atomic E-state index is 0.0137. The third-order valence-electron chi connectivity index (χ3n) is 10.4. The Morgan fingerprint density at radius 1 is 1.08 bits per heavy atom. The molecule has 11 bridgehead atoms. The average molecular weight is 329 g/mol. The van der Waals surface area contributed by atoms with Crippen LogP contribution in [0.1, 0.15) is 46.0 Å². The fourth-order valence-electron chi connectivity index (χ4n) is 11.1. The molecule has 24 heavy (non-hydrogen) atoms. The zero-order valence-corrected chi connectivity index (χ0v) is 14.6. The van der Waals surface area contributed by atoms with E-state index in [4.69, 9.17) is 9.47 Å². The molecule has 6 aliphatic heterocycles. The highest BCUT2D eigenvalue weighted by atomic mass is 16.7. The van der Waals surface area contributed by atoms with Gasteiger partial charge in [-0.1, -0.05) is 6.92 Å². The van der Waals surface area contributed by atoms with Crippen LogP contribution in [0.3, 0.4) is 0 Å². The normalized spacial score (nSPS) is 80.9. The Kier molecular flexibility index (Phi) is 1.71. The first-order chi connectivity index (χ1) is 11.4. The van der Waals surface area contributed by atoms with Crippen LogP contribution in [0.5, 0.6) is 0 Å². The molecule has 4 nitrogen and oxygen atoms in total. The summed E-state index contributed by atoms with van der Waals surface area (Å²) in [6.45, 7) is 6.04. The van der Waals surface area contributed by atoms with Crippen LogP contribution in [-0.2, 0) is 9.47 Å². The van der Waals surface area contributed by atoms with Crippen LogP contribution in [0.4, 0.5) is 0 Å². The molecule has 2 spiro atoms. The van der Waals surface area contributed by atoms with Crippen molar-refractivity contribution < 1.29 is 14.6 Å². The Labute approximate surface area is 142 Å². The lowest BCUT2D eigenvalue weighted by atomic mass is 9.42. The number of aliphatic hydroxyl groups is 1. The molecule has 1 N–H and O–H groups in total. The summed E-state index contributed by atoms with van der Waals surface area (Å²) in [6, 6.07) is 1.47. The van der Waals surface area contributed by atoms with Gasteiger partial charge in [0.25, 0.3) is 0 Å². The molecule has 130 valence electrons. The van der Waals surface area contributed by atoms with Crippen LogP contribution in [0, 0.1) is 34.0 Å². The molecule has 6 saturated heterocycles. The lowest BCUT2D eigenvalue weighted by Gasteiger charge is -2.69. The van der Waals surface area contributed by atoms with Gasteiger partial charge in [-0.3, -0.25) is 4.90 Å². The molecular formula is C20H27NO3. The molecular weight excluding hydrogens is 302 g/mol. The van der Waals surface area contributed by atoms with Crippen LogP contribution in [0.2, 0.25) is 0 Å². The van der Waals surface area contributed by atoms with Crippen LogP contribution in [-0.4, -0.2) is 52.7 Å². The maximum Gasteiger partial charge on any atom is 0.162 e. The van der Waals surface area contributed by atoms with E-state index in [-0.39, 0.29) is 23.4 Å². The molecule has 1 unspecified atom stereocenters. The number of ether oxygens (including phenoxy) is 2. The van der Waals surface area contributed by atoms with Crippen LogP contribution in [0.15, 0.2) is 0 Å². The van der Waals surface area contributed by atoms with Gasteiger partial charge in [-0.25, -0.2) is 0 Å². The number of nitrogens with zero attached hydrogens (tertiary/aromatic N) is 1. The Morgan fingerprint density at radius 2 is 1.96 bits per heavy atom. The Bertz CT molecular complexity index is 713. The second kappa shape index (κ2) is 3.15. The van der Waals surface area contributed by atoms with Gasteiger partial charge in [-0.15, -0.1) is 0 Å². The maximum atomic E-state index is 10.9. The quantitative estimate of drug-likeness (QED) is 0.735. The van der Waals surface area contributed by atoms with E-state index in [0.29, 0.717) is 34.8 Å². The van der Waals surface area contributed by atoms with E-state index in [2.05, 4.69) is 18.7 Å². The first kappa shape index (κ1) is 13.1. The SMILES string of the molecule is C[C@]12C[C@H]3O[C@@H](O1)[C@H]1[C@]4(C[C@H]5[C@@H]6[C@@]7(C)C[C@H](O)C[C@]61[C@@H]([C@H]34)N5C7)C2. The summed E-state index contributed by atoms with van der Waals surface area (Å²) >= 11 is 0. The summed E-state index contributed by atoms with van der Waals surface area (Å²) in [5.41, 5.74) is 1.12. The maximum absolute atomic E-state index is 10.9. The first-order valence-corrected chi connectivity index (χ1v) is 10.2. The minimum atomic E-state index is -0.115. The molecule has 4 saturated carbocycles. The number of hydrogen-bond donors (Lipinski definition) is 1. The summed E-state index contributed by atoms with van der Waals surface area (Å²) < 4.78 is 13.1. The van der Waals surface area contributed by atoms with Crippen molar-refractivity contribution in [3.63, 3.8) is 0 Å². The highest BCUT2D eigenvalue weighted by Gasteiger charge is 2.91. The van der Waals surface area contributed by atoms with Crippen molar-refractivity contribution in [3.8, 4) is 0 Å². The molecule has 6 heterocycles. The van der Waals surface area contributed by atoms with E-state index < -0.39 is 0 Å². The molecule has 10 rings (SSSR count). The Morgan fingerprint density at radius 3 is 2.83 bits per heavy atom. The van der Waals surface area contributed by atoms with Gasteiger partial charge in [-0.05, 0) is 49.4 Å². The predicted octanol–water partition coefficient (Wildman–Crippen LogP) is 1.76. The van der Waals surface area contributed by atoms with E-state index >= 15 is 0 Å². The predicted molar refractivity (Wildman–Crippen MR) is 85.0 cm³/mol. The molecule has 4 aliphatic carbocycles. The van der Waals surface area contributed by atoms with Crippen molar-refractivity contribution in [3.05, 3.63) is 0 Å². The number of rotatable bonds is 0. The summed E-state index contributed by atoms with van der Waals surface area (Å²) in [5.74, 6) is 2.04. The Balaban J connectivity index is 1.44. The monoisotopic (exact) mass is 329 g/mol. The number of hydrogen-bond acceptors (Lipinski definition) is 4. The molecule has 0 aromatic heterocycles. The van der Waals surface area contributed by atoms with E-state index in [1.165, 1.54) is 19.4 Å². The highest BCUT2D eigenvalue weighted by molar-refractivity contribution is 5.39. The van der Waals surface area contributed by atoms with E-state index in [0.717, 1.165) is 31.2 Å². The van der Waals surface area contributed by atoms with Gasteiger partial charge in [0.15, 0.2) is 6.29 Å². The lowest BCUT2D eigenvalue weighted by Crippen LogP contribution is -2.72. The van der Waals surface area contributed by atoms with E-state index in [9.17, 15) is 5.11 Å². The zero-order chi connectivity index (χ0) is 15.9. The molecule has 13 atom stereocenters. The number of aliphatic hydroxyl groups excluding tert-OH is 1. The molecule has 0 amide bonds.